The average molecular weight is 240 g/mol. The van der Waals surface area contributed by atoms with Gasteiger partial charge in [0.15, 0.2) is 0 Å². The van der Waals surface area contributed by atoms with Crippen molar-refractivity contribution in [2.45, 2.75) is 26.3 Å². The predicted octanol–water partition coefficient (Wildman–Crippen LogP) is 2.55. The first-order chi connectivity index (χ1) is 7.54. The van der Waals surface area contributed by atoms with Crippen molar-refractivity contribution in [2.24, 2.45) is 5.41 Å². The Hall–Kier alpha value is -0.570. The van der Waals surface area contributed by atoms with Crippen LogP contribution in [-0.4, -0.2) is 18.3 Å². The number of halogens is 1. The van der Waals surface area contributed by atoms with Gasteiger partial charge in [0.1, 0.15) is 0 Å². The Morgan fingerprint density at radius 1 is 1.50 bits per heavy atom. The molecule has 0 saturated heterocycles. The molecule has 1 aliphatic rings. The molecule has 1 aliphatic carbocycles. The number of rotatable bonds is 3. The second-order valence-corrected chi connectivity index (χ2v) is 5.56. The number of aliphatic hydroxyl groups excluding tert-OH is 1. The maximum absolute atomic E-state index is 8.91. The molecule has 0 aromatic heterocycles. The molecule has 1 atom stereocenters. The van der Waals surface area contributed by atoms with Crippen molar-refractivity contribution < 1.29 is 5.11 Å². The van der Waals surface area contributed by atoms with Gasteiger partial charge in [-0.3, -0.25) is 0 Å². The van der Waals surface area contributed by atoms with E-state index in [1.54, 1.807) is 0 Å². The molecule has 2 N–H and O–H groups in total. The summed E-state index contributed by atoms with van der Waals surface area (Å²) in [6.45, 7) is 5.29. The molecule has 88 valence electrons. The lowest BCUT2D eigenvalue weighted by Gasteiger charge is -2.28. The van der Waals surface area contributed by atoms with Crippen LogP contribution in [0.25, 0.3) is 0 Å². The normalized spacial score (nSPS) is 22.1. The van der Waals surface area contributed by atoms with Crippen LogP contribution >= 0.6 is 11.6 Å². The highest BCUT2D eigenvalue weighted by molar-refractivity contribution is 6.30. The summed E-state index contributed by atoms with van der Waals surface area (Å²) >= 11 is 6.04. The van der Waals surface area contributed by atoms with E-state index in [1.807, 2.05) is 12.1 Å². The van der Waals surface area contributed by atoms with E-state index in [2.05, 4.69) is 25.2 Å². The molecule has 2 rings (SSSR count). The van der Waals surface area contributed by atoms with Crippen LogP contribution in [-0.2, 0) is 6.42 Å². The average Bonchev–Trinajstić information content (AvgIpc) is 2.45. The van der Waals surface area contributed by atoms with E-state index in [0.29, 0.717) is 6.54 Å². The van der Waals surface area contributed by atoms with Gasteiger partial charge in [0.25, 0.3) is 0 Å². The Labute approximate surface area is 102 Å². The summed E-state index contributed by atoms with van der Waals surface area (Å²) in [5, 5.41) is 13.1. The zero-order valence-electron chi connectivity index (χ0n) is 9.76. The third-order valence-corrected chi connectivity index (χ3v) is 3.54. The minimum absolute atomic E-state index is 0.169. The van der Waals surface area contributed by atoms with Crippen LogP contribution in [0.2, 0.25) is 5.02 Å². The first-order valence-electron chi connectivity index (χ1n) is 5.67. The van der Waals surface area contributed by atoms with Crippen molar-refractivity contribution in [2.75, 3.05) is 13.2 Å². The summed E-state index contributed by atoms with van der Waals surface area (Å²) in [4.78, 5) is 0. The molecule has 1 unspecified atom stereocenters. The third-order valence-electron chi connectivity index (χ3n) is 3.31. The number of hydrogen-bond donors (Lipinski definition) is 2. The molecule has 3 heteroatoms. The number of nitrogens with one attached hydrogen (secondary N) is 1. The quantitative estimate of drug-likeness (QED) is 0.850. The molecule has 0 heterocycles. The lowest BCUT2D eigenvalue weighted by Crippen LogP contribution is -2.32. The second kappa shape index (κ2) is 4.36. The zero-order chi connectivity index (χ0) is 11.8. The molecule has 0 fully saturated rings. The van der Waals surface area contributed by atoms with Crippen LogP contribution in [0.4, 0.5) is 0 Å². The molecule has 0 aliphatic heterocycles. The van der Waals surface area contributed by atoms with Crippen molar-refractivity contribution in [3.8, 4) is 0 Å². The van der Waals surface area contributed by atoms with E-state index >= 15 is 0 Å². The summed E-state index contributed by atoms with van der Waals surface area (Å²) in [6.07, 6.45) is 1.06. The van der Waals surface area contributed by atoms with E-state index in [1.165, 1.54) is 11.1 Å². The van der Waals surface area contributed by atoms with Crippen LogP contribution in [0.3, 0.4) is 0 Å². The van der Waals surface area contributed by atoms with Crippen LogP contribution < -0.4 is 5.32 Å². The SMILES string of the molecule is CC1(C)Cc2ccc(Cl)cc2C1NCCO. The van der Waals surface area contributed by atoms with Gasteiger partial charge in [-0.25, -0.2) is 0 Å². The molecule has 1 aromatic rings. The molecule has 0 radical (unpaired) electrons. The fourth-order valence-corrected chi connectivity index (χ4v) is 2.79. The van der Waals surface area contributed by atoms with E-state index in [4.69, 9.17) is 16.7 Å². The Morgan fingerprint density at radius 3 is 2.94 bits per heavy atom. The van der Waals surface area contributed by atoms with Gasteiger partial charge in [-0.1, -0.05) is 31.5 Å². The predicted molar refractivity (Wildman–Crippen MR) is 66.8 cm³/mol. The van der Waals surface area contributed by atoms with Crippen LogP contribution in [0.5, 0.6) is 0 Å². The highest BCUT2D eigenvalue weighted by Gasteiger charge is 2.38. The Bertz CT molecular complexity index is 390. The number of aliphatic hydroxyl groups is 1. The Morgan fingerprint density at radius 2 is 2.25 bits per heavy atom. The summed E-state index contributed by atoms with van der Waals surface area (Å²) in [6, 6.07) is 6.39. The second-order valence-electron chi connectivity index (χ2n) is 5.12. The molecule has 0 saturated carbocycles. The van der Waals surface area contributed by atoms with Gasteiger partial charge < -0.3 is 10.4 Å². The molecule has 0 bridgehead atoms. The largest absolute Gasteiger partial charge is 0.395 e. The fourth-order valence-electron chi connectivity index (χ4n) is 2.60. The summed E-state index contributed by atoms with van der Waals surface area (Å²) in [5.74, 6) is 0. The Balaban J connectivity index is 2.32. The molecular weight excluding hydrogens is 222 g/mol. The van der Waals surface area contributed by atoms with Gasteiger partial charge in [0.05, 0.1) is 6.61 Å². The van der Waals surface area contributed by atoms with Crippen molar-refractivity contribution in [3.05, 3.63) is 34.3 Å². The fraction of sp³-hybridized carbons (Fsp3) is 0.538. The van der Waals surface area contributed by atoms with Gasteiger partial charge in [0, 0.05) is 17.6 Å². The van der Waals surface area contributed by atoms with Gasteiger partial charge in [-0.05, 0) is 35.1 Å². The lowest BCUT2D eigenvalue weighted by atomic mass is 9.85. The van der Waals surface area contributed by atoms with Crippen LogP contribution in [0, 0.1) is 5.41 Å². The molecule has 16 heavy (non-hydrogen) atoms. The summed E-state index contributed by atoms with van der Waals surface area (Å²) < 4.78 is 0. The standard InChI is InChI=1S/C13H18ClNO/c1-13(2)8-9-3-4-10(14)7-11(9)12(13)15-5-6-16/h3-4,7,12,15-16H,5-6,8H2,1-2H3. The summed E-state index contributed by atoms with van der Waals surface area (Å²) in [5.41, 5.74) is 2.83. The van der Waals surface area contributed by atoms with E-state index < -0.39 is 0 Å². The van der Waals surface area contributed by atoms with Crippen molar-refractivity contribution in [3.63, 3.8) is 0 Å². The molecule has 2 nitrogen and oxygen atoms in total. The van der Waals surface area contributed by atoms with Crippen molar-refractivity contribution in [1.29, 1.82) is 0 Å². The maximum Gasteiger partial charge on any atom is 0.0556 e. The molecule has 0 amide bonds. The maximum atomic E-state index is 8.91. The highest BCUT2D eigenvalue weighted by Crippen LogP contribution is 2.45. The van der Waals surface area contributed by atoms with Gasteiger partial charge >= 0.3 is 0 Å². The van der Waals surface area contributed by atoms with Gasteiger partial charge in [0.2, 0.25) is 0 Å². The van der Waals surface area contributed by atoms with E-state index in [0.717, 1.165) is 11.4 Å². The topological polar surface area (TPSA) is 32.3 Å². The zero-order valence-corrected chi connectivity index (χ0v) is 10.5. The monoisotopic (exact) mass is 239 g/mol. The van der Waals surface area contributed by atoms with E-state index in [9.17, 15) is 0 Å². The highest BCUT2D eigenvalue weighted by atomic mass is 35.5. The molecule has 0 spiro atoms. The number of benzene rings is 1. The Kier molecular flexibility index (Phi) is 3.24. The van der Waals surface area contributed by atoms with Crippen molar-refractivity contribution in [1.82, 2.24) is 5.32 Å². The van der Waals surface area contributed by atoms with E-state index in [-0.39, 0.29) is 18.1 Å². The summed E-state index contributed by atoms with van der Waals surface area (Å²) in [7, 11) is 0. The minimum Gasteiger partial charge on any atom is -0.395 e. The number of fused-ring (bicyclic) bond motifs is 1. The molecule has 1 aromatic carbocycles. The van der Waals surface area contributed by atoms with Gasteiger partial charge in [-0.2, -0.15) is 0 Å². The molecular formula is C13H18ClNO. The van der Waals surface area contributed by atoms with Crippen molar-refractivity contribution >= 4 is 11.6 Å². The first kappa shape index (κ1) is 11.9. The first-order valence-corrected chi connectivity index (χ1v) is 6.05. The lowest BCUT2D eigenvalue weighted by molar-refractivity contribution is 0.235. The van der Waals surface area contributed by atoms with Gasteiger partial charge in [-0.15, -0.1) is 0 Å². The smallest absolute Gasteiger partial charge is 0.0556 e. The van der Waals surface area contributed by atoms with Crippen LogP contribution in [0.1, 0.15) is 31.0 Å². The third kappa shape index (κ3) is 2.10. The van der Waals surface area contributed by atoms with Crippen LogP contribution in [0.15, 0.2) is 18.2 Å². The minimum atomic E-state index is 0.169. The number of hydrogen-bond acceptors (Lipinski definition) is 2.